The van der Waals surface area contributed by atoms with Crippen molar-refractivity contribution in [2.24, 2.45) is 5.92 Å². The van der Waals surface area contributed by atoms with Gasteiger partial charge < -0.3 is 15.3 Å². The van der Waals surface area contributed by atoms with E-state index in [2.05, 4.69) is 15.2 Å². The number of fused-ring (bicyclic) bond motifs is 1. The van der Waals surface area contributed by atoms with Crippen molar-refractivity contribution in [3.63, 3.8) is 0 Å². The Balaban J connectivity index is 1.40. The maximum Gasteiger partial charge on any atom is 0.163 e. The van der Waals surface area contributed by atoms with Gasteiger partial charge in [-0.05, 0) is 69.2 Å². The molecule has 2 N–H and O–H groups in total. The summed E-state index contributed by atoms with van der Waals surface area (Å²) in [6, 6.07) is 7.10. The number of nitrogens with zero attached hydrogens (tertiary/aromatic N) is 3. The summed E-state index contributed by atoms with van der Waals surface area (Å²) in [5.74, 6) is 0.317. The van der Waals surface area contributed by atoms with E-state index < -0.39 is 6.17 Å². The highest BCUT2D eigenvalue weighted by Crippen LogP contribution is 2.37. The molecule has 36 heavy (non-hydrogen) atoms. The lowest BCUT2D eigenvalue weighted by Crippen LogP contribution is -2.33. The zero-order valence-corrected chi connectivity index (χ0v) is 21.6. The van der Waals surface area contributed by atoms with Gasteiger partial charge in [0, 0.05) is 37.4 Å². The van der Waals surface area contributed by atoms with E-state index >= 15 is 0 Å². The number of hydrogen-bond donors (Lipinski definition) is 2. The average Bonchev–Trinajstić information content (AvgIpc) is 3.27. The van der Waals surface area contributed by atoms with Crippen molar-refractivity contribution in [1.29, 1.82) is 0 Å². The van der Waals surface area contributed by atoms with Gasteiger partial charge in [0.15, 0.2) is 11.5 Å². The average molecular weight is 531 g/mol. The summed E-state index contributed by atoms with van der Waals surface area (Å²) in [4.78, 5) is 24.1. The first kappa shape index (κ1) is 25.2. The Labute approximate surface area is 219 Å². The molecular weight excluding hydrogens is 502 g/mol. The summed E-state index contributed by atoms with van der Waals surface area (Å²) >= 11 is 12.3. The van der Waals surface area contributed by atoms with Crippen LogP contribution in [0.5, 0.6) is 5.75 Å². The SMILES string of the molecule is CC(=O)c1cnc2ccc(-c3cc(Cl)c(O)c(Cl)c3)nc2c1NC1CCC(CN2CC[C@@H](F)C2)CC1. The molecule has 0 unspecified atom stereocenters. The van der Waals surface area contributed by atoms with Crippen molar-refractivity contribution in [3.8, 4) is 17.0 Å². The van der Waals surface area contributed by atoms with Crippen LogP contribution in [0, 0.1) is 5.92 Å². The summed E-state index contributed by atoms with van der Waals surface area (Å²) in [7, 11) is 0. The molecule has 3 aromatic rings. The fourth-order valence-electron chi connectivity index (χ4n) is 5.36. The Morgan fingerprint density at radius 2 is 1.89 bits per heavy atom. The molecule has 1 saturated heterocycles. The van der Waals surface area contributed by atoms with Gasteiger partial charge >= 0.3 is 0 Å². The topological polar surface area (TPSA) is 78.3 Å². The smallest absolute Gasteiger partial charge is 0.163 e. The van der Waals surface area contributed by atoms with E-state index in [9.17, 15) is 14.3 Å². The Kier molecular flexibility index (Phi) is 7.33. The zero-order chi connectivity index (χ0) is 25.4. The minimum absolute atomic E-state index is 0.0849. The molecule has 2 aliphatic rings. The number of benzene rings is 1. The molecular formula is C27H29Cl2FN4O2. The molecule has 0 bridgehead atoms. The van der Waals surface area contributed by atoms with Crippen LogP contribution in [0.3, 0.4) is 0 Å². The van der Waals surface area contributed by atoms with Gasteiger partial charge in [0.2, 0.25) is 0 Å². The van der Waals surface area contributed by atoms with E-state index in [0.29, 0.717) is 52.4 Å². The van der Waals surface area contributed by atoms with Gasteiger partial charge in [0.05, 0.1) is 32.5 Å². The summed E-state index contributed by atoms with van der Waals surface area (Å²) in [6.45, 7) is 3.92. The molecule has 5 rings (SSSR count). The maximum atomic E-state index is 13.5. The first-order valence-corrected chi connectivity index (χ1v) is 13.2. The van der Waals surface area contributed by atoms with Gasteiger partial charge in [-0.25, -0.2) is 9.37 Å². The van der Waals surface area contributed by atoms with E-state index in [0.717, 1.165) is 38.8 Å². The number of phenolic OH excluding ortho intramolecular Hbond substituents is 1. The molecule has 1 atom stereocenters. The standard InChI is InChI=1S/C27H29Cl2FN4O2/c1-15(35)20-12-31-24-7-6-23(17-10-21(28)27(36)22(29)11-17)33-26(24)25(20)32-19-4-2-16(3-5-19)13-34-9-8-18(30)14-34/h6-7,10-12,16,18-19,36H,2-5,8-9,13-14H2,1H3,(H,31,32)/t16?,18-,19?/m1/s1. The zero-order valence-electron chi connectivity index (χ0n) is 20.1. The van der Waals surface area contributed by atoms with Crippen molar-refractivity contribution in [2.45, 2.75) is 51.2 Å². The number of aromatic hydroxyl groups is 1. The number of likely N-dealkylation sites (tertiary alicyclic amines) is 1. The predicted molar refractivity (Wildman–Crippen MR) is 142 cm³/mol. The van der Waals surface area contributed by atoms with Gasteiger partial charge in [-0.15, -0.1) is 0 Å². The molecule has 2 aromatic heterocycles. The summed E-state index contributed by atoms with van der Waals surface area (Å²) in [6.07, 6.45) is 5.65. The molecule has 2 fully saturated rings. The molecule has 1 aliphatic heterocycles. The fraction of sp³-hybridized carbons (Fsp3) is 0.444. The third-order valence-electron chi connectivity index (χ3n) is 7.33. The number of halogens is 3. The number of aromatic nitrogens is 2. The summed E-state index contributed by atoms with van der Waals surface area (Å²) in [5.41, 5.74) is 3.73. The number of carbonyl (C=O) groups is 1. The highest BCUT2D eigenvalue weighted by Gasteiger charge is 2.28. The van der Waals surface area contributed by atoms with Crippen LogP contribution in [0.15, 0.2) is 30.5 Å². The van der Waals surface area contributed by atoms with E-state index in [1.54, 1.807) is 18.3 Å². The second kappa shape index (κ2) is 10.5. The van der Waals surface area contributed by atoms with Crippen molar-refractivity contribution >= 4 is 45.7 Å². The molecule has 1 aliphatic carbocycles. The summed E-state index contributed by atoms with van der Waals surface area (Å²) < 4.78 is 13.5. The number of pyridine rings is 2. The van der Waals surface area contributed by atoms with E-state index in [4.69, 9.17) is 28.2 Å². The second-order valence-corrected chi connectivity index (χ2v) is 10.8. The third kappa shape index (κ3) is 5.29. The van der Waals surface area contributed by atoms with Gasteiger partial charge in [-0.1, -0.05) is 23.2 Å². The van der Waals surface area contributed by atoms with E-state index in [-0.39, 0.29) is 27.6 Å². The number of alkyl halides is 1. The number of phenols is 1. The van der Waals surface area contributed by atoms with Gasteiger partial charge in [-0.2, -0.15) is 0 Å². The number of anilines is 1. The Bertz CT molecular complexity index is 1270. The van der Waals surface area contributed by atoms with Crippen LogP contribution in [0.2, 0.25) is 10.0 Å². The van der Waals surface area contributed by atoms with Gasteiger partial charge in [-0.3, -0.25) is 9.78 Å². The van der Waals surface area contributed by atoms with Crippen LogP contribution >= 0.6 is 23.2 Å². The van der Waals surface area contributed by atoms with Crippen molar-refractivity contribution < 1.29 is 14.3 Å². The lowest BCUT2D eigenvalue weighted by molar-refractivity contribution is 0.101. The maximum absolute atomic E-state index is 13.5. The largest absolute Gasteiger partial charge is 0.505 e. The first-order chi connectivity index (χ1) is 17.3. The molecule has 3 heterocycles. The minimum Gasteiger partial charge on any atom is -0.505 e. The van der Waals surface area contributed by atoms with Crippen LogP contribution in [0.25, 0.3) is 22.3 Å². The molecule has 9 heteroatoms. The monoisotopic (exact) mass is 530 g/mol. The number of hydrogen-bond acceptors (Lipinski definition) is 6. The highest BCUT2D eigenvalue weighted by molar-refractivity contribution is 6.37. The lowest BCUT2D eigenvalue weighted by Gasteiger charge is -2.32. The Morgan fingerprint density at radius 1 is 1.17 bits per heavy atom. The van der Waals surface area contributed by atoms with Crippen molar-refractivity contribution in [2.75, 3.05) is 25.0 Å². The van der Waals surface area contributed by atoms with Crippen LogP contribution in [0.4, 0.5) is 10.1 Å². The van der Waals surface area contributed by atoms with Crippen LogP contribution in [-0.4, -0.2) is 57.6 Å². The predicted octanol–water partition coefficient (Wildman–Crippen LogP) is 6.53. The van der Waals surface area contributed by atoms with Crippen molar-refractivity contribution in [1.82, 2.24) is 14.9 Å². The first-order valence-electron chi connectivity index (χ1n) is 12.4. The number of rotatable bonds is 6. The van der Waals surface area contributed by atoms with Crippen molar-refractivity contribution in [3.05, 3.63) is 46.1 Å². The highest BCUT2D eigenvalue weighted by atomic mass is 35.5. The fourth-order valence-corrected chi connectivity index (χ4v) is 5.85. The quantitative estimate of drug-likeness (QED) is 0.353. The molecule has 1 aromatic carbocycles. The lowest BCUT2D eigenvalue weighted by atomic mass is 9.85. The van der Waals surface area contributed by atoms with Crippen LogP contribution in [-0.2, 0) is 0 Å². The van der Waals surface area contributed by atoms with Crippen LogP contribution < -0.4 is 5.32 Å². The molecule has 190 valence electrons. The van der Waals surface area contributed by atoms with E-state index in [1.165, 1.54) is 6.92 Å². The number of carbonyl (C=O) groups excluding carboxylic acids is 1. The Morgan fingerprint density at radius 3 is 2.53 bits per heavy atom. The van der Waals surface area contributed by atoms with Gasteiger partial charge in [0.1, 0.15) is 11.7 Å². The second-order valence-electron chi connectivity index (χ2n) is 9.96. The number of Topliss-reactive ketones (excluding diaryl/α,β-unsaturated/α-hetero) is 1. The molecule has 0 spiro atoms. The normalized spacial score (nSPS) is 22.7. The molecule has 1 saturated carbocycles. The molecule has 0 radical (unpaired) electrons. The number of ketones is 1. The molecule has 0 amide bonds. The van der Waals surface area contributed by atoms with Gasteiger partial charge in [0.25, 0.3) is 0 Å². The minimum atomic E-state index is -0.681. The van der Waals surface area contributed by atoms with E-state index in [1.807, 2.05) is 12.1 Å². The third-order valence-corrected chi connectivity index (χ3v) is 7.91. The van der Waals surface area contributed by atoms with Crippen LogP contribution in [0.1, 0.15) is 49.4 Å². The number of nitrogens with one attached hydrogen (secondary N) is 1. The summed E-state index contributed by atoms with van der Waals surface area (Å²) in [5, 5.41) is 13.8. The molecule has 6 nitrogen and oxygen atoms in total. The Hall–Kier alpha value is -2.48.